The van der Waals surface area contributed by atoms with Crippen molar-refractivity contribution < 1.29 is 13.2 Å². The van der Waals surface area contributed by atoms with Gasteiger partial charge in [0, 0.05) is 0 Å². The van der Waals surface area contributed by atoms with Gasteiger partial charge in [-0.25, -0.2) is 0 Å². The molecule has 0 aliphatic carbocycles. The van der Waals surface area contributed by atoms with E-state index in [1.165, 1.54) is 6.07 Å². The molecule has 0 atom stereocenters. The zero-order chi connectivity index (χ0) is 21.0. The lowest BCUT2D eigenvalue weighted by Gasteiger charge is -2.17. The van der Waals surface area contributed by atoms with E-state index in [2.05, 4.69) is 31.2 Å². The molecule has 0 unspecified atom stereocenters. The SMILES string of the molecule is CC/C=C(\c1ccccc1)c1cccc(-c2ccc(C(F)(F)F)c(C(C)C)c2)c1. The van der Waals surface area contributed by atoms with E-state index in [1.54, 1.807) is 26.0 Å². The molecule has 0 amide bonds. The number of hydrogen-bond donors (Lipinski definition) is 0. The second kappa shape index (κ2) is 8.69. The van der Waals surface area contributed by atoms with E-state index in [0.717, 1.165) is 34.2 Å². The number of allylic oxidation sites excluding steroid dienone is 1. The largest absolute Gasteiger partial charge is 0.416 e. The summed E-state index contributed by atoms with van der Waals surface area (Å²) in [6.45, 7) is 5.68. The van der Waals surface area contributed by atoms with Crippen molar-refractivity contribution in [1.82, 2.24) is 0 Å². The van der Waals surface area contributed by atoms with Gasteiger partial charge >= 0.3 is 6.18 Å². The first-order valence-corrected chi connectivity index (χ1v) is 9.88. The molecule has 0 aromatic heterocycles. The van der Waals surface area contributed by atoms with Crippen molar-refractivity contribution in [3.8, 4) is 11.1 Å². The lowest BCUT2D eigenvalue weighted by Crippen LogP contribution is -2.10. The first-order chi connectivity index (χ1) is 13.8. The van der Waals surface area contributed by atoms with E-state index in [1.807, 2.05) is 36.4 Å². The summed E-state index contributed by atoms with van der Waals surface area (Å²) in [5, 5.41) is 0. The van der Waals surface area contributed by atoms with Crippen LogP contribution in [0.15, 0.2) is 78.9 Å². The Morgan fingerprint density at radius 3 is 2.10 bits per heavy atom. The quantitative estimate of drug-likeness (QED) is 0.408. The Balaban J connectivity index is 2.08. The number of hydrogen-bond acceptors (Lipinski definition) is 0. The fourth-order valence-corrected chi connectivity index (χ4v) is 3.57. The number of rotatable bonds is 5. The first kappa shape index (κ1) is 20.9. The molecule has 0 saturated carbocycles. The van der Waals surface area contributed by atoms with Crippen LogP contribution in [-0.4, -0.2) is 0 Å². The van der Waals surface area contributed by atoms with E-state index in [4.69, 9.17) is 0 Å². The third-order valence-electron chi connectivity index (χ3n) is 4.98. The zero-order valence-electron chi connectivity index (χ0n) is 16.9. The van der Waals surface area contributed by atoms with Crippen LogP contribution in [0.5, 0.6) is 0 Å². The lowest BCUT2D eigenvalue weighted by molar-refractivity contribution is -0.138. The van der Waals surface area contributed by atoms with Crippen LogP contribution in [0.3, 0.4) is 0 Å². The smallest absolute Gasteiger partial charge is 0.166 e. The normalized spacial score (nSPS) is 12.4. The maximum absolute atomic E-state index is 13.4. The molecule has 0 N–H and O–H groups in total. The van der Waals surface area contributed by atoms with Crippen LogP contribution in [0.25, 0.3) is 16.7 Å². The van der Waals surface area contributed by atoms with Crippen molar-refractivity contribution in [3.63, 3.8) is 0 Å². The molecule has 0 fully saturated rings. The van der Waals surface area contributed by atoms with E-state index in [-0.39, 0.29) is 5.92 Å². The highest BCUT2D eigenvalue weighted by atomic mass is 19.4. The highest BCUT2D eigenvalue weighted by Crippen LogP contribution is 2.38. The highest BCUT2D eigenvalue weighted by molar-refractivity contribution is 5.82. The zero-order valence-corrected chi connectivity index (χ0v) is 16.9. The van der Waals surface area contributed by atoms with Crippen LogP contribution in [-0.2, 0) is 6.18 Å². The van der Waals surface area contributed by atoms with Crippen LogP contribution in [0, 0.1) is 0 Å². The Bertz CT molecular complexity index is 996. The molecule has 0 spiro atoms. The highest BCUT2D eigenvalue weighted by Gasteiger charge is 2.33. The van der Waals surface area contributed by atoms with Crippen LogP contribution in [0.4, 0.5) is 13.2 Å². The maximum Gasteiger partial charge on any atom is 0.416 e. The van der Waals surface area contributed by atoms with Gasteiger partial charge in [-0.2, -0.15) is 13.2 Å². The molecule has 0 bridgehead atoms. The monoisotopic (exact) mass is 394 g/mol. The first-order valence-electron chi connectivity index (χ1n) is 9.88. The van der Waals surface area contributed by atoms with Gasteiger partial charge in [0.05, 0.1) is 5.56 Å². The van der Waals surface area contributed by atoms with Gasteiger partial charge in [-0.3, -0.25) is 0 Å². The Morgan fingerprint density at radius 2 is 1.48 bits per heavy atom. The predicted octanol–water partition coefficient (Wildman–Crippen LogP) is 8.34. The summed E-state index contributed by atoms with van der Waals surface area (Å²) in [7, 11) is 0. The van der Waals surface area contributed by atoms with Gasteiger partial charge < -0.3 is 0 Å². The molecule has 3 aromatic carbocycles. The molecule has 3 heteroatoms. The molecule has 29 heavy (non-hydrogen) atoms. The molecule has 0 aliphatic heterocycles. The van der Waals surface area contributed by atoms with Gasteiger partial charge in [0.25, 0.3) is 0 Å². The summed E-state index contributed by atoms with van der Waals surface area (Å²) in [4.78, 5) is 0. The number of halogens is 3. The average molecular weight is 394 g/mol. The number of alkyl halides is 3. The van der Waals surface area contributed by atoms with Gasteiger partial charge in [-0.15, -0.1) is 0 Å². The second-order valence-corrected chi connectivity index (χ2v) is 7.43. The van der Waals surface area contributed by atoms with Crippen molar-refractivity contribution in [1.29, 1.82) is 0 Å². The van der Waals surface area contributed by atoms with Crippen LogP contribution in [0.2, 0.25) is 0 Å². The predicted molar refractivity (Wildman–Crippen MR) is 115 cm³/mol. The molecular weight excluding hydrogens is 369 g/mol. The number of benzene rings is 3. The standard InChI is InChI=1S/C26H25F3/c1-4-9-23(19-10-6-5-7-11-19)22-13-8-12-20(16-22)21-14-15-25(26(27,28)29)24(17-21)18(2)3/h5-18H,4H2,1-3H3/b23-9+. The molecule has 0 nitrogen and oxygen atoms in total. The minimum absolute atomic E-state index is 0.213. The van der Waals surface area contributed by atoms with Crippen LogP contribution >= 0.6 is 0 Å². The molecule has 0 heterocycles. The van der Waals surface area contributed by atoms with Gasteiger partial charge in [-0.1, -0.05) is 87.5 Å². The van der Waals surface area contributed by atoms with Gasteiger partial charge in [0.2, 0.25) is 0 Å². The minimum Gasteiger partial charge on any atom is -0.166 e. The summed E-state index contributed by atoms with van der Waals surface area (Å²) >= 11 is 0. The van der Waals surface area contributed by atoms with Crippen molar-refractivity contribution >= 4 is 5.57 Å². The Morgan fingerprint density at radius 1 is 0.828 bits per heavy atom. The van der Waals surface area contributed by atoms with Crippen molar-refractivity contribution in [2.24, 2.45) is 0 Å². The average Bonchev–Trinajstić information content (AvgIpc) is 2.71. The molecule has 150 valence electrons. The maximum atomic E-state index is 13.4. The Hall–Kier alpha value is -2.81. The summed E-state index contributed by atoms with van der Waals surface area (Å²) in [6.07, 6.45) is -1.27. The lowest BCUT2D eigenvalue weighted by atomic mass is 9.90. The Labute approximate surface area is 170 Å². The third kappa shape index (κ3) is 4.79. The summed E-state index contributed by atoms with van der Waals surface area (Å²) in [5.41, 5.74) is 4.80. The second-order valence-electron chi connectivity index (χ2n) is 7.43. The molecule has 0 saturated heterocycles. The Kier molecular flexibility index (Phi) is 6.26. The van der Waals surface area contributed by atoms with Gasteiger partial charge in [0.15, 0.2) is 0 Å². The molecule has 0 radical (unpaired) electrons. The van der Waals surface area contributed by atoms with Crippen LogP contribution in [0.1, 0.15) is 55.4 Å². The molecule has 3 aromatic rings. The van der Waals surface area contributed by atoms with Crippen LogP contribution < -0.4 is 0 Å². The molecule has 0 aliphatic rings. The molecule has 3 rings (SSSR count). The van der Waals surface area contributed by atoms with Crippen molar-refractivity contribution in [2.75, 3.05) is 0 Å². The van der Waals surface area contributed by atoms with Crippen molar-refractivity contribution in [2.45, 2.75) is 39.3 Å². The van der Waals surface area contributed by atoms with E-state index >= 15 is 0 Å². The fraction of sp³-hybridized carbons (Fsp3) is 0.231. The summed E-state index contributed by atoms with van der Waals surface area (Å²) in [5.74, 6) is -0.213. The van der Waals surface area contributed by atoms with E-state index < -0.39 is 11.7 Å². The van der Waals surface area contributed by atoms with E-state index in [0.29, 0.717) is 5.56 Å². The summed E-state index contributed by atoms with van der Waals surface area (Å²) < 4.78 is 40.1. The fourth-order valence-electron chi connectivity index (χ4n) is 3.57. The minimum atomic E-state index is -4.34. The van der Waals surface area contributed by atoms with Crippen molar-refractivity contribution in [3.05, 3.63) is 101 Å². The topological polar surface area (TPSA) is 0 Å². The third-order valence-corrected chi connectivity index (χ3v) is 4.98. The van der Waals surface area contributed by atoms with E-state index in [9.17, 15) is 13.2 Å². The van der Waals surface area contributed by atoms with Gasteiger partial charge in [0.1, 0.15) is 0 Å². The van der Waals surface area contributed by atoms with Gasteiger partial charge in [-0.05, 0) is 57.9 Å². The summed E-state index contributed by atoms with van der Waals surface area (Å²) in [6, 6.07) is 22.6. The molecular formula is C26H25F3.